The zero-order valence-electron chi connectivity index (χ0n) is 9.47. The lowest BCUT2D eigenvalue weighted by Gasteiger charge is -2.17. The second-order valence-corrected chi connectivity index (χ2v) is 5.16. The van der Waals surface area contributed by atoms with Crippen LogP contribution in [0.1, 0.15) is 24.2 Å². The Morgan fingerprint density at radius 1 is 1.47 bits per heavy atom. The third-order valence-corrected chi connectivity index (χ3v) is 3.49. The summed E-state index contributed by atoms with van der Waals surface area (Å²) in [7, 11) is 0. The molecule has 0 aromatic heterocycles. The lowest BCUT2D eigenvalue weighted by Crippen LogP contribution is -2.21. The lowest BCUT2D eigenvalue weighted by molar-refractivity contribution is -0.109. The molecule has 0 saturated heterocycles. The number of hydrogen-bond acceptors (Lipinski definition) is 4. The number of halogens is 1. The molecule has 0 spiro atoms. The zero-order valence-corrected chi connectivity index (χ0v) is 11.0. The zero-order chi connectivity index (χ0) is 12.8. The van der Waals surface area contributed by atoms with E-state index in [2.05, 4.69) is 0 Å². The second-order valence-electron chi connectivity index (χ2n) is 3.69. The van der Waals surface area contributed by atoms with Gasteiger partial charge in [0.15, 0.2) is 5.12 Å². The van der Waals surface area contributed by atoms with Crippen molar-refractivity contribution in [2.75, 3.05) is 5.75 Å². The van der Waals surface area contributed by atoms with Crippen molar-refractivity contribution in [2.24, 2.45) is 0 Å². The molecule has 2 N–H and O–H groups in total. The van der Waals surface area contributed by atoms with Crippen molar-refractivity contribution in [3.8, 4) is 0 Å². The van der Waals surface area contributed by atoms with Crippen LogP contribution in [-0.2, 0) is 10.7 Å². The molecule has 0 radical (unpaired) electrons. The first-order valence-electron chi connectivity index (χ1n) is 5.19. The van der Waals surface area contributed by atoms with Gasteiger partial charge in [-0.25, -0.2) is 0 Å². The molecule has 0 fully saturated rings. The van der Waals surface area contributed by atoms with E-state index in [1.807, 2.05) is 6.07 Å². The SMILES string of the molecule is CC(=O)SCC(O)C(O)c1cccc(CCl)c1. The smallest absolute Gasteiger partial charge is 0.185 e. The molecule has 1 rings (SSSR count). The van der Waals surface area contributed by atoms with Crippen molar-refractivity contribution >= 4 is 28.5 Å². The van der Waals surface area contributed by atoms with E-state index in [4.69, 9.17) is 11.6 Å². The Balaban J connectivity index is 2.66. The maximum atomic E-state index is 10.8. The molecule has 1 aromatic carbocycles. The van der Waals surface area contributed by atoms with Crippen molar-refractivity contribution in [1.29, 1.82) is 0 Å². The molecular formula is C12H15ClO3S. The Kier molecular flexibility index (Phi) is 5.98. The third-order valence-electron chi connectivity index (χ3n) is 2.27. The van der Waals surface area contributed by atoms with Gasteiger partial charge in [-0.2, -0.15) is 0 Å². The summed E-state index contributed by atoms with van der Waals surface area (Å²) in [5.41, 5.74) is 1.49. The Hall–Kier alpha value is -0.550. The molecule has 0 bridgehead atoms. The van der Waals surface area contributed by atoms with E-state index in [1.165, 1.54) is 6.92 Å². The summed E-state index contributed by atoms with van der Waals surface area (Å²) in [5.74, 6) is 0.542. The van der Waals surface area contributed by atoms with Gasteiger partial charge >= 0.3 is 0 Å². The molecule has 0 amide bonds. The highest BCUT2D eigenvalue weighted by Gasteiger charge is 2.19. The fourth-order valence-electron chi connectivity index (χ4n) is 1.38. The highest BCUT2D eigenvalue weighted by atomic mass is 35.5. The molecule has 2 atom stereocenters. The standard InChI is InChI=1S/C12H15ClO3S/c1-8(14)17-7-11(15)12(16)10-4-2-3-9(5-10)6-13/h2-5,11-12,15-16H,6-7H2,1H3. The Morgan fingerprint density at radius 3 is 2.76 bits per heavy atom. The van der Waals surface area contributed by atoms with E-state index < -0.39 is 12.2 Å². The Labute approximate surface area is 110 Å². The highest BCUT2D eigenvalue weighted by Crippen LogP contribution is 2.21. The van der Waals surface area contributed by atoms with Crippen LogP contribution < -0.4 is 0 Å². The number of aliphatic hydroxyl groups excluding tert-OH is 2. The van der Waals surface area contributed by atoms with E-state index in [0.29, 0.717) is 11.4 Å². The molecule has 94 valence electrons. The molecule has 0 heterocycles. The summed E-state index contributed by atoms with van der Waals surface area (Å²) in [6.45, 7) is 1.43. The molecule has 0 saturated carbocycles. The quantitative estimate of drug-likeness (QED) is 0.808. The van der Waals surface area contributed by atoms with Gasteiger partial charge in [0.2, 0.25) is 0 Å². The van der Waals surface area contributed by atoms with Crippen molar-refractivity contribution in [3.63, 3.8) is 0 Å². The third kappa shape index (κ3) is 4.68. The van der Waals surface area contributed by atoms with Crippen molar-refractivity contribution in [2.45, 2.75) is 25.0 Å². The van der Waals surface area contributed by atoms with Crippen LogP contribution in [0.15, 0.2) is 24.3 Å². The highest BCUT2D eigenvalue weighted by molar-refractivity contribution is 8.13. The predicted molar refractivity (Wildman–Crippen MR) is 70.1 cm³/mol. The number of alkyl halides is 1. The van der Waals surface area contributed by atoms with Gasteiger partial charge in [0.05, 0.1) is 6.10 Å². The normalized spacial score (nSPS) is 14.4. The fourth-order valence-corrected chi connectivity index (χ4v) is 2.13. The number of benzene rings is 1. The van der Waals surface area contributed by atoms with E-state index in [-0.39, 0.29) is 10.9 Å². The van der Waals surface area contributed by atoms with Gasteiger partial charge in [0.25, 0.3) is 0 Å². The van der Waals surface area contributed by atoms with Crippen LogP contribution in [-0.4, -0.2) is 27.2 Å². The number of carbonyl (C=O) groups is 1. The molecule has 0 aliphatic rings. The van der Waals surface area contributed by atoms with E-state index in [0.717, 1.165) is 17.3 Å². The van der Waals surface area contributed by atoms with Crippen LogP contribution in [0, 0.1) is 0 Å². The molecule has 2 unspecified atom stereocenters. The molecular weight excluding hydrogens is 260 g/mol. The predicted octanol–water partition coefficient (Wildman–Crippen LogP) is 2.10. The number of carbonyl (C=O) groups excluding carboxylic acids is 1. The first kappa shape index (κ1) is 14.5. The molecule has 0 aliphatic carbocycles. The first-order chi connectivity index (χ1) is 8.04. The van der Waals surface area contributed by atoms with Gasteiger partial charge < -0.3 is 10.2 Å². The van der Waals surface area contributed by atoms with Crippen molar-refractivity contribution in [3.05, 3.63) is 35.4 Å². The van der Waals surface area contributed by atoms with Gasteiger partial charge in [-0.05, 0) is 11.1 Å². The maximum absolute atomic E-state index is 10.8. The van der Waals surface area contributed by atoms with Crippen LogP contribution in [0.25, 0.3) is 0 Å². The maximum Gasteiger partial charge on any atom is 0.185 e. The van der Waals surface area contributed by atoms with Gasteiger partial charge in [-0.1, -0.05) is 36.0 Å². The minimum atomic E-state index is -0.995. The second kappa shape index (κ2) is 7.01. The van der Waals surface area contributed by atoms with E-state index in [1.54, 1.807) is 18.2 Å². The summed E-state index contributed by atoms with van der Waals surface area (Å²) < 4.78 is 0. The van der Waals surface area contributed by atoms with Crippen molar-refractivity contribution < 1.29 is 15.0 Å². The van der Waals surface area contributed by atoms with Crippen molar-refractivity contribution in [1.82, 2.24) is 0 Å². The first-order valence-corrected chi connectivity index (χ1v) is 6.71. The van der Waals surface area contributed by atoms with Gasteiger partial charge in [0, 0.05) is 18.6 Å². The number of rotatable bonds is 5. The van der Waals surface area contributed by atoms with Crippen LogP contribution in [0.5, 0.6) is 0 Å². The summed E-state index contributed by atoms with van der Waals surface area (Å²) in [4.78, 5) is 10.8. The minimum Gasteiger partial charge on any atom is -0.389 e. The lowest BCUT2D eigenvalue weighted by atomic mass is 10.0. The largest absolute Gasteiger partial charge is 0.389 e. The molecule has 17 heavy (non-hydrogen) atoms. The molecule has 5 heteroatoms. The summed E-state index contributed by atoms with van der Waals surface area (Å²) in [6, 6.07) is 7.10. The van der Waals surface area contributed by atoms with Crippen LogP contribution >= 0.6 is 23.4 Å². The average Bonchev–Trinajstić information content (AvgIpc) is 2.35. The number of hydrogen-bond donors (Lipinski definition) is 2. The van der Waals surface area contributed by atoms with Gasteiger partial charge in [-0.15, -0.1) is 11.6 Å². The summed E-state index contributed by atoms with van der Waals surface area (Å²) in [5, 5.41) is 19.6. The van der Waals surface area contributed by atoms with Crippen LogP contribution in [0.3, 0.4) is 0 Å². The number of thioether (sulfide) groups is 1. The van der Waals surface area contributed by atoms with Crippen LogP contribution in [0.2, 0.25) is 0 Å². The Bertz CT molecular complexity index is 384. The molecule has 0 aliphatic heterocycles. The summed E-state index contributed by atoms with van der Waals surface area (Å²) >= 11 is 6.69. The van der Waals surface area contributed by atoms with Gasteiger partial charge in [-0.3, -0.25) is 4.79 Å². The van der Waals surface area contributed by atoms with E-state index >= 15 is 0 Å². The summed E-state index contributed by atoms with van der Waals surface area (Å²) in [6.07, 6.45) is -1.96. The molecule has 3 nitrogen and oxygen atoms in total. The van der Waals surface area contributed by atoms with Crippen LogP contribution in [0.4, 0.5) is 0 Å². The van der Waals surface area contributed by atoms with E-state index in [9.17, 15) is 15.0 Å². The average molecular weight is 275 g/mol. The fraction of sp³-hybridized carbons (Fsp3) is 0.417. The number of aliphatic hydroxyl groups is 2. The topological polar surface area (TPSA) is 57.5 Å². The van der Waals surface area contributed by atoms with Gasteiger partial charge in [0.1, 0.15) is 6.10 Å². The Morgan fingerprint density at radius 2 is 2.18 bits per heavy atom. The monoisotopic (exact) mass is 274 g/mol. The minimum absolute atomic E-state index is 0.0780. The molecule has 1 aromatic rings.